The van der Waals surface area contributed by atoms with E-state index < -0.39 is 81.8 Å². The molecule has 1 aliphatic rings. The van der Waals surface area contributed by atoms with E-state index in [4.69, 9.17) is 18.5 Å². The Balaban J connectivity index is 2.59. The number of phosphoric acid groups is 1. The molecule has 4 unspecified atom stereocenters. The molecule has 1 rings (SSSR count). The summed E-state index contributed by atoms with van der Waals surface area (Å²) in [5.74, 6) is -1.25. The highest BCUT2D eigenvalue weighted by Gasteiger charge is 2.51. The number of allylic oxidation sites excluding steroid dienone is 10. The van der Waals surface area contributed by atoms with Crippen LogP contribution in [0.3, 0.4) is 0 Å². The average molecular weight is 871 g/mol. The molecule has 60 heavy (non-hydrogen) atoms. The third kappa shape index (κ3) is 27.2. The van der Waals surface area contributed by atoms with Crippen molar-refractivity contribution < 1.29 is 68.2 Å². The summed E-state index contributed by atoms with van der Waals surface area (Å²) in [6, 6.07) is 0. The molecule has 0 saturated heterocycles. The van der Waals surface area contributed by atoms with Gasteiger partial charge in [0.25, 0.3) is 0 Å². The van der Waals surface area contributed by atoms with E-state index >= 15 is 0 Å². The molecule has 1 saturated carbocycles. The highest BCUT2D eigenvalue weighted by atomic mass is 31.2. The number of carbonyl (C=O) groups excluding carboxylic acids is 2. The fraction of sp³-hybridized carbons (Fsp3) is 0.689. The van der Waals surface area contributed by atoms with Crippen LogP contribution in [0, 0.1) is 0 Å². The van der Waals surface area contributed by atoms with Gasteiger partial charge in [0.15, 0.2) is 6.10 Å². The number of unbranched alkanes of at least 4 members (excludes halogenated alkanes) is 10. The predicted octanol–water partition coefficient (Wildman–Crippen LogP) is 6.91. The maximum atomic E-state index is 12.8. The van der Waals surface area contributed by atoms with Crippen LogP contribution in [0.5, 0.6) is 0 Å². The Bertz CT molecular complexity index is 1340. The van der Waals surface area contributed by atoms with E-state index in [2.05, 4.69) is 50.3 Å². The molecule has 344 valence electrons. The topological polar surface area (TPSA) is 230 Å². The van der Waals surface area contributed by atoms with Gasteiger partial charge in [-0.05, 0) is 70.6 Å². The fourth-order valence-corrected chi connectivity index (χ4v) is 6.96. The number of rotatable bonds is 34. The molecule has 15 heteroatoms. The largest absolute Gasteiger partial charge is 0.472 e. The Morgan fingerprint density at radius 2 is 1.15 bits per heavy atom. The quantitative estimate of drug-likeness (QED) is 0.0115. The number of aliphatic hydroxyl groups is 6. The van der Waals surface area contributed by atoms with Gasteiger partial charge >= 0.3 is 19.8 Å². The third-order valence-corrected chi connectivity index (χ3v) is 10.6. The minimum atomic E-state index is -5.16. The lowest BCUT2D eigenvalue weighted by Gasteiger charge is -2.41. The first kappa shape index (κ1) is 55.3. The molecule has 14 nitrogen and oxygen atoms in total. The van der Waals surface area contributed by atoms with Gasteiger partial charge in [-0.3, -0.25) is 18.6 Å². The van der Waals surface area contributed by atoms with Crippen LogP contribution in [0.2, 0.25) is 0 Å². The molecule has 1 fully saturated rings. The molecule has 0 heterocycles. The zero-order valence-corrected chi connectivity index (χ0v) is 36.7. The van der Waals surface area contributed by atoms with Crippen molar-refractivity contribution in [1.29, 1.82) is 0 Å². The smallest absolute Gasteiger partial charge is 0.462 e. The second-order valence-corrected chi connectivity index (χ2v) is 16.4. The van der Waals surface area contributed by atoms with Gasteiger partial charge in [0.2, 0.25) is 0 Å². The SMILES string of the molecule is CCC/C=C\C/C=C\CCCCCCCC(=O)OC[C@H](COP(=O)(O)OC1[C@H](O)[C@H](O)C(O)[C@H](O)[C@H]1O)OC(=O)CCC/C=C/C=C\C(O)C/C=C\C/C=C\CCCCC. The highest BCUT2D eigenvalue weighted by Crippen LogP contribution is 2.47. The lowest BCUT2D eigenvalue weighted by molar-refractivity contribution is -0.220. The van der Waals surface area contributed by atoms with E-state index in [0.717, 1.165) is 64.2 Å². The average Bonchev–Trinajstić information content (AvgIpc) is 3.22. The van der Waals surface area contributed by atoms with Crippen molar-refractivity contribution >= 4 is 19.8 Å². The number of aliphatic hydroxyl groups excluding tert-OH is 6. The molecule has 7 N–H and O–H groups in total. The first-order valence-corrected chi connectivity index (χ1v) is 23.3. The predicted molar refractivity (Wildman–Crippen MR) is 231 cm³/mol. The summed E-state index contributed by atoms with van der Waals surface area (Å²) in [6.07, 6.45) is 25.6. The molecule has 0 radical (unpaired) electrons. The Kier molecular flexibility index (Phi) is 32.0. The second-order valence-electron chi connectivity index (χ2n) is 15.0. The fourth-order valence-electron chi connectivity index (χ4n) is 5.98. The Labute approximate surface area is 358 Å². The van der Waals surface area contributed by atoms with Gasteiger partial charge < -0.3 is 45.0 Å². The standard InChI is InChI=1S/C45H75O14P/c1-3-5-7-9-11-13-14-15-16-18-20-24-28-32-38(47)56-34-37(35-57-60(54,55)59-45-43(52)41(50)40(49)42(51)44(45)53)58-39(48)33-29-25-21-23-27-31-36(46)30-26-22-19-17-12-10-8-6-4-2/h7,9,12-14,17,21-23,26-27,31,36-37,40-46,49-53H,3-6,8,10-11,15-16,18-20,24-25,28-30,32-35H2,1-2H3,(H,54,55)/b9-7-,14-13-,17-12-,23-21+,26-22-,31-27-/t36?,37-,40?,41-,42+,43-,44-,45?/m1/s1. The van der Waals surface area contributed by atoms with Crippen molar-refractivity contribution in [2.24, 2.45) is 0 Å². The van der Waals surface area contributed by atoms with Gasteiger partial charge in [0.05, 0.1) is 12.7 Å². The van der Waals surface area contributed by atoms with Crippen LogP contribution in [0.15, 0.2) is 72.9 Å². The molecule has 0 aliphatic heterocycles. The normalized spacial score (nSPS) is 23.4. The molecule has 0 aromatic rings. The molecule has 0 amide bonds. The van der Waals surface area contributed by atoms with Crippen molar-refractivity contribution in [1.82, 2.24) is 0 Å². The first-order valence-electron chi connectivity index (χ1n) is 21.8. The summed E-state index contributed by atoms with van der Waals surface area (Å²) in [5.41, 5.74) is 0. The number of carbonyl (C=O) groups is 2. The maximum Gasteiger partial charge on any atom is 0.472 e. The Morgan fingerprint density at radius 1 is 0.600 bits per heavy atom. The first-order chi connectivity index (χ1) is 28.8. The molecule has 9 atom stereocenters. The summed E-state index contributed by atoms with van der Waals surface area (Å²) in [4.78, 5) is 35.6. The molecule has 0 bridgehead atoms. The number of hydrogen-bond donors (Lipinski definition) is 7. The van der Waals surface area contributed by atoms with Crippen molar-refractivity contribution in [2.45, 2.75) is 185 Å². The molecule has 1 aliphatic carbocycles. The van der Waals surface area contributed by atoms with E-state index in [1.807, 2.05) is 18.2 Å². The van der Waals surface area contributed by atoms with Crippen molar-refractivity contribution in [3.63, 3.8) is 0 Å². The van der Waals surface area contributed by atoms with Crippen LogP contribution < -0.4 is 0 Å². The lowest BCUT2D eigenvalue weighted by Crippen LogP contribution is -2.64. The van der Waals surface area contributed by atoms with Gasteiger partial charge in [-0.1, -0.05) is 125 Å². The van der Waals surface area contributed by atoms with E-state index in [-0.39, 0.29) is 12.8 Å². The minimum absolute atomic E-state index is 0.0450. The highest BCUT2D eigenvalue weighted by molar-refractivity contribution is 7.47. The van der Waals surface area contributed by atoms with Crippen LogP contribution in [0.1, 0.15) is 136 Å². The van der Waals surface area contributed by atoms with E-state index in [1.165, 1.54) is 19.3 Å². The Morgan fingerprint density at radius 3 is 1.80 bits per heavy atom. The van der Waals surface area contributed by atoms with Crippen LogP contribution in [-0.2, 0) is 32.7 Å². The molecule has 0 aromatic carbocycles. The summed E-state index contributed by atoms with van der Waals surface area (Å²) >= 11 is 0. The molecular weight excluding hydrogens is 795 g/mol. The zero-order valence-electron chi connectivity index (χ0n) is 35.8. The Hall–Kier alpha value is -2.75. The van der Waals surface area contributed by atoms with Gasteiger partial charge in [0.1, 0.15) is 43.2 Å². The summed E-state index contributed by atoms with van der Waals surface area (Å²) in [6.45, 7) is 3.04. The lowest BCUT2D eigenvalue weighted by atomic mass is 9.85. The summed E-state index contributed by atoms with van der Waals surface area (Å²) in [5, 5.41) is 60.2. The summed E-state index contributed by atoms with van der Waals surface area (Å²) in [7, 11) is -5.16. The van der Waals surface area contributed by atoms with Gasteiger partial charge in [-0.2, -0.15) is 0 Å². The number of hydrogen-bond acceptors (Lipinski definition) is 13. The van der Waals surface area contributed by atoms with Gasteiger partial charge in [0, 0.05) is 12.8 Å². The third-order valence-electron chi connectivity index (χ3n) is 9.58. The summed E-state index contributed by atoms with van der Waals surface area (Å²) < 4.78 is 33.3. The monoisotopic (exact) mass is 870 g/mol. The molecule has 0 aromatic heterocycles. The van der Waals surface area contributed by atoms with Crippen LogP contribution in [0.4, 0.5) is 0 Å². The zero-order chi connectivity index (χ0) is 44.4. The van der Waals surface area contributed by atoms with Gasteiger partial charge in [-0.15, -0.1) is 0 Å². The second kappa shape index (κ2) is 34.8. The van der Waals surface area contributed by atoms with E-state index in [1.54, 1.807) is 18.2 Å². The van der Waals surface area contributed by atoms with Crippen molar-refractivity contribution in [3.8, 4) is 0 Å². The van der Waals surface area contributed by atoms with E-state index in [0.29, 0.717) is 25.7 Å². The van der Waals surface area contributed by atoms with Gasteiger partial charge in [-0.25, -0.2) is 4.57 Å². The van der Waals surface area contributed by atoms with Crippen LogP contribution in [0.25, 0.3) is 0 Å². The molecular formula is C45H75O14P. The molecule has 0 spiro atoms. The minimum Gasteiger partial charge on any atom is -0.462 e. The van der Waals surface area contributed by atoms with Crippen molar-refractivity contribution in [2.75, 3.05) is 13.2 Å². The maximum absolute atomic E-state index is 12.8. The van der Waals surface area contributed by atoms with E-state index in [9.17, 15) is 49.7 Å². The number of esters is 2. The van der Waals surface area contributed by atoms with Crippen molar-refractivity contribution in [3.05, 3.63) is 72.9 Å². The number of ether oxygens (including phenoxy) is 2. The van der Waals surface area contributed by atoms with Crippen LogP contribution in [-0.4, -0.2) is 110 Å². The van der Waals surface area contributed by atoms with Crippen LogP contribution >= 0.6 is 7.82 Å². The number of phosphoric ester groups is 1.